The quantitative estimate of drug-likeness (QED) is 0.472. The molecule has 2 heterocycles. The van der Waals surface area contributed by atoms with Crippen LogP contribution in [0.4, 0.5) is 0 Å². The average Bonchev–Trinajstić information content (AvgIpc) is 3.33. The Morgan fingerprint density at radius 2 is 2.00 bits per heavy atom. The number of amides is 1. The lowest BCUT2D eigenvalue weighted by Crippen LogP contribution is -2.43. The molecule has 0 spiro atoms. The fourth-order valence-electron chi connectivity index (χ4n) is 4.02. The first-order chi connectivity index (χ1) is 16.9. The molecular formula is C26H30ClN5O4. The minimum atomic E-state index is -0.262. The number of aromatic nitrogens is 2. The number of aliphatic hydroxyl groups is 1. The van der Waals surface area contributed by atoms with Crippen molar-refractivity contribution >= 4 is 18.3 Å². The minimum Gasteiger partial charge on any atom is -0.490 e. The third-order valence-electron chi connectivity index (χ3n) is 5.74. The molecule has 0 aliphatic carbocycles. The van der Waals surface area contributed by atoms with E-state index in [0.29, 0.717) is 35.1 Å². The van der Waals surface area contributed by atoms with Crippen molar-refractivity contribution in [3.05, 3.63) is 53.1 Å². The van der Waals surface area contributed by atoms with Crippen LogP contribution < -0.4 is 10.1 Å². The first-order valence-electron chi connectivity index (χ1n) is 11.7. The Morgan fingerprint density at radius 3 is 2.72 bits per heavy atom. The molecule has 1 atom stereocenters. The van der Waals surface area contributed by atoms with E-state index in [2.05, 4.69) is 32.5 Å². The van der Waals surface area contributed by atoms with Gasteiger partial charge in [0.2, 0.25) is 11.7 Å². The summed E-state index contributed by atoms with van der Waals surface area (Å²) in [5.74, 6) is 1.19. The Hall–Kier alpha value is -3.45. The summed E-state index contributed by atoms with van der Waals surface area (Å²) in [5, 5.41) is 25.6. The number of nitriles is 1. The number of rotatable bonds is 8. The molecule has 36 heavy (non-hydrogen) atoms. The van der Waals surface area contributed by atoms with Crippen molar-refractivity contribution in [2.45, 2.75) is 45.9 Å². The van der Waals surface area contributed by atoms with Crippen LogP contribution in [-0.4, -0.2) is 57.9 Å². The normalized spacial score (nSPS) is 13.9. The molecule has 0 unspecified atom stereocenters. The van der Waals surface area contributed by atoms with E-state index in [9.17, 15) is 10.1 Å². The highest BCUT2D eigenvalue weighted by molar-refractivity contribution is 5.85. The lowest BCUT2D eigenvalue weighted by Gasteiger charge is -2.28. The van der Waals surface area contributed by atoms with Crippen LogP contribution in [0.2, 0.25) is 0 Å². The summed E-state index contributed by atoms with van der Waals surface area (Å²) >= 11 is 0. The summed E-state index contributed by atoms with van der Waals surface area (Å²) in [6.07, 6.45) is 0.805. The van der Waals surface area contributed by atoms with Gasteiger partial charge in [0, 0.05) is 30.3 Å². The van der Waals surface area contributed by atoms with Crippen LogP contribution in [0.1, 0.15) is 37.5 Å². The number of fused-ring (bicyclic) bond motifs is 1. The van der Waals surface area contributed by atoms with E-state index in [4.69, 9.17) is 14.4 Å². The van der Waals surface area contributed by atoms with Gasteiger partial charge in [-0.1, -0.05) is 17.3 Å². The van der Waals surface area contributed by atoms with E-state index < -0.39 is 0 Å². The molecule has 190 valence electrons. The maximum Gasteiger partial charge on any atom is 0.258 e. The second-order valence-electron chi connectivity index (χ2n) is 9.01. The van der Waals surface area contributed by atoms with Gasteiger partial charge in [0.15, 0.2) is 0 Å². The van der Waals surface area contributed by atoms with Crippen LogP contribution in [0.5, 0.6) is 5.75 Å². The van der Waals surface area contributed by atoms with E-state index in [0.717, 1.165) is 24.1 Å². The first kappa shape index (κ1) is 27.1. The second kappa shape index (κ2) is 12.0. The molecule has 3 aromatic rings. The number of nitrogens with zero attached hydrogens (tertiary/aromatic N) is 4. The number of benzene rings is 2. The van der Waals surface area contributed by atoms with E-state index in [1.165, 1.54) is 5.56 Å². The Kier molecular flexibility index (Phi) is 9.04. The van der Waals surface area contributed by atoms with Gasteiger partial charge in [0.1, 0.15) is 11.8 Å². The number of halogens is 1. The number of hydrogen-bond acceptors (Lipinski definition) is 8. The summed E-state index contributed by atoms with van der Waals surface area (Å²) < 4.78 is 11.2. The molecule has 4 rings (SSSR count). The van der Waals surface area contributed by atoms with Crippen LogP contribution in [0.25, 0.3) is 22.8 Å². The topological polar surface area (TPSA) is 125 Å². The Balaban J connectivity index is 0.00000361. The van der Waals surface area contributed by atoms with Crippen molar-refractivity contribution < 1.29 is 19.2 Å². The Labute approximate surface area is 216 Å². The molecule has 1 aliphatic rings. The van der Waals surface area contributed by atoms with Gasteiger partial charge < -0.3 is 19.7 Å². The van der Waals surface area contributed by atoms with Crippen LogP contribution in [-0.2, 0) is 17.8 Å². The van der Waals surface area contributed by atoms with Crippen molar-refractivity contribution in [3.63, 3.8) is 0 Å². The summed E-state index contributed by atoms with van der Waals surface area (Å²) in [5.41, 5.74) is 4.22. The number of ether oxygens (including phenoxy) is 1. The van der Waals surface area contributed by atoms with Crippen molar-refractivity contribution in [3.8, 4) is 34.7 Å². The van der Waals surface area contributed by atoms with Gasteiger partial charge in [0.05, 0.1) is 24.8 Å². The molecule has 0 bridgehead atoms. The number of hydrogen-bond donors (Lipinski definition) is 2. The summed E-state index contributed by atoms with van der Waals surface area (Å²) in [6.45, 7) is 7.20. The third-order valence-corrected chi connectivity index (χ3v) is 5.74. The fourth-order valence-corrected chi connectivity index (χ4v) is 4.02. The van der Waals surface area contributed by atoms with Gasteiger partial charge in [-0.25, -0.2) is 0 Å². The summed E-state index contributed by atoms with van der Waals surface area (Å²) in [6, 6.07) is 13.2. The largest absolute Gasteiger partial charge is 0.490 e. The lowest BCUT2D eigenvalue weighted by atomic mass is 9.97. The first-order valence-corrected chi connectivity index (χ1v) is 11.7. The van der Waals surface area contributed by atoms with Crippen LogP contribution in [0.3, 0.4) is 0 Å². The monoisotopic (exact) mass is 511 g/mol. The van der Waals surface area contributed by atoms with E-state index >= 15 is 0 Å². The SMILES string of the molecule is CC(C)Oc1ccc(-c2nc(-c3ccc4c(c3)CN(CC(=O)N[C@@H](C)CO)CC4)no2)cc1C#N.Cl. The molecule has 1 amide bonds. The molecule has 10 heteroatoms. The van der Waals surface area contributed by atoms with E-state index in [1.807, 2.05) is 26.0 Å². The van der Waals surface area contributed by atoms with Gasteiger partial charge in [0.25, 0.3) is 5.89 Å². The van der Waals surface area contributed by atoms with Gasteiger partial charge in [-0.15, -0.1) is 12.4 Å². The number of aliphatic hydroxyl groups excluding tert-OH is 1. The predicted molar refractivity (Wildman–Crippen MR) is 137 cm³/mol. The molecule has 0 saturated heterocycles. The van der Waals surface area contributed by atoms with Crippen molar-refractivity contribution in [1.82, 2.24) is 20.4 Å². The summed E-state index contributed by atoms with van der Waals surface area (Å²) in [4.78, 5) is 18.8. The van der Waals surface area contributed by atoms with Gasteiger partial charge in [-0.2, -0.15) is 10.2 Å². The minimum absolute atomic E-state index is 0. The lowest BCUT2D eigenvalue weighted by molar-refractivity contribution is -0.123. The predicted octanol–water partition coefficient (Wildman–Crippen LogP) is 3.34. The van der Waals surface area contributed by atoms with Crippen molar-refractivity contribution in [2.24, 2.45) is 0 Å². The van der Waals surface area contributed by atoms with Gasteiger partial charge in [-0.3, -0.25) is 9.69 Å². The van der Waals surface area contributed by atoms with Crippen LogP contribution in [0, 0.1) is 11.3 Å². The van der Waals surface area contributed by atoms with Gasteiger partial charge in [-0.05, 0) is 62.6 Å². The standard InChI is InChI=1S/C26H29N5O4.ClH/c1-16(2)34-23-7-6-20(11-21(23)12-27)26-29-25(30-35-26)19-5-4-18-8-9-31(13-22(18)10-19)14-24(33)28-17(3)15-32;/h4-7,10-11,16-17,32H,8-9,13-15H2,1-3H3,(H,28,33);1H/t17-;/m0./s1. The zero-order chi connectivity index (χ0) is 24.9. The molecule has 0 radical (unpaired) electrons. The summed E-state index contributed by atoms with van der Waals surface area (Å²) in [7, 11) is 0. The molecule has 0 fully saturated rings. The molecule has 9 nitrogen and oxygen atoms in total. The van der Waals surface area contributed by atoms with Crippen LogP contribution in [0.15, 0.2) is 40.9 Å². The number of carbonyl (C=O) groups is 1. The molecule has 1 aromatic heterocycles. The zero-order valence-corrected chi connectivity index (χ0v) is 21.3. The third kappa shape index (κ3) is 6.40. The number of nitrogens with one attached hydrogen (secondary N) is 1. The molecular weight excluding hydrogens is 482 g/mol. The molecule has 1 aliphatic heterocycles. The maximum atomic E-state index is 12.2. The van der Waals surface area contributed by atoms with Crippen molar-refractivity contribution in [1.29, 1.82) is 5.26 Å². The number of carbonyl (C=O) groups excluding carboxylic acids is 1. The smallest absolute Gasteiger partial charge is 0.258 e. The van der Waals surface area contributed by atoms with E-state index in [-0.39, 0.29) is 43.6 Å². The average molecular weight is 512 g/mol. The Bertz CT molecular complexity index is 1250. The molecule has 2 aromatic carbocycles. The van der Waals surface area contributed by atoms with Gasteiger partial charge >= 0.3 is 0 Å². The fraction of sp³-hybridized carbons (Fsp3) is 0.385. The highest BCUT2D eigenvalue weighted by Gasteiger charge is 2.21. The molecule has 2 N–H and O–H groups in total. The highest BCUT2D eigenvalue weighted by atomic mass is 35.5. The molecule has 0 saturated carbocycles. The van der Waals surface area contributed by atoms with Crippen molar-refractivity contribution in [2.75, 3.05) is 19.7 Å². The Morgan fingerprint density at radius 1 is 1.22 bits per heavy atom. The van der Waals surface area contributed by atoms with Crippen LogP contribution >= 0.6 is 12.4 Å². The van der Waals surface area contributed by atoms with E-state index in [1.54, 1.807) is 25.1 Å². The second-order valence-corrected chi connectivity index (χ2v) is 9.01. The maximum absolute atomic E-state index is 12.2. The highest BCUT2D eigenvalue weighted by Crippen LogP contribution is 2.29. The zero-order valence-electron chi connectivity index (χ0n) is 20.5.